The number of ether oxygens (including phenoxy) is 2. The van der Waals surface area contributed by atoms with Gasteiger partial charge in [0.25, 0.3) is 0 Å². The molecule has 9 heteroatoms. The topological polar surface area (TPSA) is 87.7 Å². The largest absolute Gasteiger partial charge is 0.388 e. The molecule has 198 valence electrons. The van der Waals surface area contributed by atoms with Crippen LogP contribution < -0.4 is 16.0 Å². The van der Waals surface area contributed by atoms with Crippen LogP contribution in [0.1, 0.15) is 45.4 Å². The van der Waals surface area contributed by atoms with E-state index in [-0.39, 0.29) is 5.82 Å². The van der Waals surface area contributed by atoms with E-state index in [9.17, 15) is 9.50 Å². The summed E-state index contributed by atoms with van der Waals surface area (Å²) in [6.45, 7) is 4.31. The van der Waals surface area contributed by atoms with Gasteiger partial charge in [0.2, 0.25) is 0 Å². The Hall–Kier alpha value is -1.97. The summed E-state index contributed by atoms with van der Waals surface area (Å²) in [6, 6.07) is 7.79. The van der Waals surface area contributed by atoms with Gasteiger partial charge in [0, 0.05) is 80.8 Å². The second kappa shape index (κ2) is 12.5. The molecule has 1 saturated carbocycles. The minimum Gasteiger partial charge on any atom is -0.388 e. The van der Waals surface area contributed by atoms with E-state index in [2.05, 4.69) is 27.9 Å². The average Bonchev–Trinajstić information content (AvgIpc) is 2.87. The first-order valence-electron chi connectivity index (χ1n) is 12.9. The summed E-state index contributed by atoms with van der Waals surface area (Å²) < 4.78 is 25.5. The van der Waals surface area contributed by atoms with Crippen LogP contribution in [-0.4, -0.2) is 67.3 Å². The molecule has 1 atom stereocenters. The number of hydrogen-bond acceptors (Lipinski definition) is 7. The highest BCUT2D eigenvalue weighted by Crippen LogP contribution is 2.34. The van der Waals surface area contributed by atoms with Crippen LogP contribution >= 0.6 is 11.6 Å². The van der Waals surface area contributed by atoms with E-state index in [4.69, 9.17) is 21.1 Å². The summed E-state index contributed by atoms with van der Waals surface area (Å²) in [4.78, 5) is 4.45. The highest BCUT2D eigenvalue weighted by molar-refractivity contribution is 6.33. The van der Waals surface area contributed by atoms with Crippen molar-refractivity contribution >= 4 is 23.1 Å². The molecule has 1 saturated heterocycles. The molecule has 2 fully saturated rings. The molecular weight excluding hydrogens is 483 g/mol. The molecule has 1 aromatic heterocycles. The van der Waals surface area contributed by atoms with Crippen LogP contribution in [0.3, 0.4) is 0 Å². The highest BCUT2D eigenvalue weighted by atomic mass is 35.5. The number of methoxy groups -OCH3 is 1. The summed E-state index contributed by atoms with van der Waals surface area (Å²) in [5.41, 5.74) is 0.884. The lowest BCUT2D eigenvalue weighted by molar-refractivity contribution is -0.0543. The van der Waals surface area contributed by atoms with Gasteiger partial charge in [-0.1, -0.05) is 11.6 Å². The van der Waals surface area contributed by atoms with Crippen molar-refractivity contribution in [1.29, 1.82) is 0 Å². The fourth-order valence-corrected chi connectivity index (χ4v) is 5.28. The van der Waals surface area contributed by atoms with Crippen molar-refractivity contribution in [1.82, 2.24) is 10.3 Å². The third-order valence-electron chi connectivity index (χ3n) is 7.17. The van der Waals surface area contributed by atoms with Crippen molar-refractivity contribution in [3.63, 3.8) is 0 Å². The number of aliphatic hydroxyl groups is 1. The monoisotopic (exact) mass is 520 g/mol. The standard InChI is InChI=1S/C27H38ClFN4O3/c1-18(16-35-2)32-19-3-5-20(6-4-19)33-26-14-22(24(28)15-30-26)23-13-21(7-8-25(23)29)31-17-27(34)9-11-36-12-10-27/h7-8,13-15,18-20,31-32,34H,3-6,9-12,16-17H2,1-2H3,(H,30,33)/t18-,19-,20-/m1/s1. The molecule has 1 aliphatic carbocycles. The summed E-state index contributed by atoms with van der Waals surface area (Å²) in [6.07, 6.45) is 6.92. The lowest BCUT2D eigenvalue weighted by Gasteiger charge is -2.32. The molecule has 0 unspecified atom stereocenters. The number of halogens is 2. The smallest absolute Gasteiger partial charge is 0.131 e. The Morgan fingerprint density at radius 2 is 1.89 bits per heavy atom. The van der Waals surface area contributed by atoms with Gasteiger partial charge in [0.05, 0.1) is 17.2 Å². The number of pyridine rings is 1. The molecule has 7 nitrogen and oxygen atoms in total. The minimum absolute atomic E-state index is 0.306. The fraction of sp³-hybridized carbons (Fsp3) is 0.593. The first kappa shape index (κ1) is 27.1. The van der Waals surface area contributed by atoms with Crippen molar-refractivity contribution in [2.24, 2.45) is 0 Å². The Morgan fingerprint density at radius 3 is 2.61 bits per heavy atom. The van der Waals surface area contributed by atoms with Gasteiger partial charge in [-0.2, -0.15) is 0 Å². The molecule has 2 aromatic rings. The fourth-order valence-electron chi connectivity index (χ4n) is 5.07. The average molecular weight is 521 g/mol. The van der Waals surface area contributed by atoms with Crippen molar-refractivity contribution < 1.29 is 19.0 Å². The van der Waals surface area contributed by atoms with Gasteiger partial charge in [-0.3, -0.25) is 0 Å². The van der Waals surface area contributed by atoms with Crippen molar-refractivity contribution in [3.8, 4) is 11.1 Å². The van der Waals surface area contributed by atoms with Gasteiger partial charge >= 0.3 is 0 Å². The zero-order valence-corrected chi connectivity index (χ0v) is 21.9. The zero-order valence-electron chi connectivity index (χ0n) is 21.2. The molecule has 4 rings (SSSR count). The quantitative estimate of drug-likeness (QED) is 0.356. The van der Waals surface area contributed by atoms with Crippen LogP contribution in [0.4, 0.5) is 15.9 Å². The maximum atomic E-state index is 14.9. The summed E-state index contributed by atoms with van der Waals surface area (Å²) >= 11 is 6.46. The van der Waals surface area contributed by atoms with Gasteiger partial charge in [-0.05, 0) is 56.9 Å². The summed E-state index contributed by atoms with van der Waals surface area (Å²) in [5, 5.41) is 21.5. The maximum Gasteiger partial charge on any atom is 0.131 e. The van der Waals surface area contributed by atoms with E-state index in [0.29, 0.717) is 79.3 Å². The van der Waals surface area contributed by atoms with Gasteiger partial charge in [0.15, 0.2) is 0 Å². The van der Waals surface area contributed by atoms with Crippen molar-refractivity contribution in [2.75, 3.05) is 44.1 Å². The first-order valence-corrected chi connectivity index (χ1v) is 13.2. The van der Waals surface area contributed by atoms with Crippen LogP contribution in [-0.2, 0) is 9.47 Å². The predicted molar refractivity (Wildman–Crippen MR) is 142 cm³/mol. The Labute approximate surface area is 218 Å². The number of aromatic nitrogens is 1. The summed E-state index contributed by atoms with van der Waals surface area (Å²) in [5.74, 6) is 0.328. The number of hydrogen-bond donors (Lipinski definition) is 4. The normalized spacial score (nSPS) is 22.7. The van der Waals surface area contributed by atoms with Crippen LogP contribution in [0.25, 0.3) is 11.1 Å². The van der Waals surface area contributed by atoms with E-state index in [1.807, 2.05) is 6.07 Å². The van der Waals surface area contributed by atoms with Crippen molar-refractivity contribution in [3.05, 3.63) is 41.3 Å². The van der Waals surface area contributed by atoms with E-state index in [0.717, 1.165) is 31.4 Å². The Bertz CT molecular complexity index is 997. The highest BCUT2D eigenvalue weighted by Gasteiger charge is 2.29. The Balaban J connectivity index is 1.40. The third-order valence-corrected chi connectivity index (χ3v) is 7.47. The number of nitrogens with one attached hydrogen (secondary N) is 3. The number of nitrogens with zero attached hydrogens (tertiary/aromatic N) is 1. The lowest BCUT2D eigenvalue weighted by Crippen LogP contribution is -2.42. The van der Waals surface area contributed by atoms with Gasteiger partial charge in [-0.15, -0.1) is 0 Å². The minimum atomic E-state index is -0.825. The first-order chi connectivity index (χ1) is 17.3. The van der Waals surface area contributed by atoms with E-state index in [1.165, 1.54) is 6.07 Å². The van der Waals surface area contributed by atoms with Crippen LogP contribution in [0, 0.1) is 5.82 Å². The third kappa shape index (κ3) is 7.29. The lowest BCUT2D eigenvalue weighted by atomic mass is 9.90. The number of rotatable bonds is 10. The van der Waals surface area contributed by atoms with Crippen LogP contribution in [0.5, 0.6) is 0 Å². The molecule has 0 spiro atoms. The number of benzene rings is 1. The molecule has 2 aliphatic rings. The van der Waals surface area contributed by atoms with Gasteiger partial charge < -0.3 is 30.5 Å². The second-order valence-corrected chi connectivity index (χ2v) is 10.6. The number of anilines is 2. The molecule has 0 radical (unpaired) electrons. The molecule has 0 bridgehead atoms. The molecule has 4 N–H and O–H groups in total. The van der Waals surface area contributed by atoms with E-state index >= 15 is 0 Å². The molecular formula is C27H38ClFN4O3. The Morgan fingerprint density at radius 1 is 1.17 bits per heavy atom. The van der Waals surface area contributed by atoms with Gasteiger partial charge in [0.1, 0.15) is 11.6 Å². The second-order valence-electron chi connectivity index (χ2n) is 10.2. The van der Waals surface area contributed by atoms with Crippen LogP contribution in [0.15, 0.2) is 30.5 Å². The SMILES string of the molecule is COC[C@@H](C)N[C@H]1CC[C@H](Nc2cc(-c3cc(NCC4(O)CCOCC4)ccc3F)c(Cl)cn2)CC1. The molecule has 2 heterocycles. The molecule has 0 amide bonds. The molecule has 36 heavy (non-hydrogen) atoms. The van der Waals surface area contributed by atoms with E-state index < -0.39 is 5.60 Å². The predicted octanol–water partition coefficient (Wildman–Crippen LogP) is 4.84. The molecule has 1 aromatic carbocycles. The summed E-state index contributed by atoms with van der Waals surface area (Å²) in [7, 11) is 1.72. The molecule has 1 aliphatic heterocycles. The zero-order chi connectivity index (χ0) is 25.5. The van der Waals surface area contributed by atoms with Crippen molar-refractivity contribution in [2.45, 2.75) is 69.2 Å². The Kier molecular flexibility index (Phi) is 9.41. The van der Waals surface area contributed by atoms with E-state index in [1.54, 1.807) is 25.4 Å². The van der Waals surface area contributed by atoms with Crippen LogP contribution in [0.2, 0.25) is 5.02 Å². The van der Waals surface area contributed by atoms with Gasteiger partial charge in [-0.25, -0.2) is 9.37 Å². The maximum absolute atomic E-state index is 14.9.